The van der Waals surface area contributed by atoms with Crippen LogP contribution in [0.4, 0.5) is 0 Å². The Morgan fingerprint density at radius 2 is 1.21 bits per heavy atom. The molecule has 0 bridgehead atoms. The van der Waals surface area contributed by atoms with E-state index in [-0.39, 0.29) is 0 Å². The van der Waals surface area contributed by atoms with Crippen molar-refractivity contribution < 1.29 is 0 Å². The van der Waals surface area contributed by atoms with Crippen molar-refractivity contribution in [1.82, 2.24) is 15.2 Å². The second kappa shape index (κ2) is 15.7. The van der Waals surface area contributed by atoms with Gasteiger partial charge in [-0.25, -0.2) is 4.98 Å². The van der Waals surface area contributed by atoms with Gasteiger partial charge in [-0.3, -0.25) is 5.10 Å². The predicted octanol–water partition coefficient (Wildman–Crippen LogP) is 6.57. The van der Waals surface area contributed by atoms with Crippen molar-refractivity contribution in [3.63, 3.8) is 0 Å². The van der Waals surface area contributed by atoms with E-state index in [1.54, 1.807) is 0 Å². The third-order valence-electron chi connectivity index (χ3n) is 4.67. The molecule has 0 unspecified atom stereocenters. The van der Waals surface area contributed by atoms with Crippen LogP contribution in [0.2, 0.25) is 0 Å². The average Bonchev–Trinajstić information content (AvgIpc) is 3.06. The minimum absolute atomic E-state index is 0.640. The van der Waals surface area contributed by atoms with Gasteiger partial charge >= 0.3 is 0 Å². The standard InChI is InChI=1S/C20H37N3S/c1-2-3-4-5-6-7-8-9-10-11-12-13-14-15-16-17-19-21-20(18-24)23-22-19/h18H,2-17H2,1H3,(H,21,22,23). The summed E-state index contributed by atoms with van der Waals surface area (Å²) in [5.41, 5.74) is 0. The Kier molecular flexibility index (Phi) is 14.0. The molecule has 0 amide bonds. The number of aromatic amines is 1. The molecule has 1 aromatic heterocycles. The molecule has 0 aliphatic heterocycles. The van der Waals surface area contributed by atoms with E-state index < -0.39 is 0 Å². The van der Waals surface area contributed by atoms with Crippen LogP contribution in [0.5, 0.6) is 0 Å². The second-order valence-electron chi connectivity index (χ2n) is 6.96. The summed E-state index contributed by atoms with van der Waals surface area (Å²) in [7, 11) is 0. The van der Waals surface area contributed by atoms with Crippen LogP contribution in [0.25, 0.3) is 0 Å². The summed E-state index contributed by atoms with van der Waals surface area (Å²) < 4.78 is 0. The Morgan fingerprint density at radius 1 is 0.750 bits per heavy atom. The van der Waals surface area contributed by atoms with Crippen molar-refractivity contribution >= 4 is 17.6 Å². The van der Waals surface area contributed by atoms with Crippen LogP contribution in [0.15, 0.2) is 0 Å². The Hall–Kier alpha value is -0.770. The molecule has 138 valence electrons. The van der Waals surface area contributed by atoms with E-state index in [1.807, 2.05) is 0 Å². The molecular formula is C20H37N3S. The molecule has 0 spiro atoms. The summed E-state index contributed by atoms with van der Waals surface area (Å²) in [6.07, 6.45) is 22.0. The van der Waals surface area contributed by atoms with Crippen molar-refractivity contribution in [2.24, 2.45) is 0 Å². The zero-order valence-electron chi connectivity index (χ0n) is 15.7. The molecule has 1 aromatic rings. The molecule has 1 N–H and O–H groups in total. The molecule has 0 saturated heterocycles. The van der Waals surface area contributed by atoms with E-state index in [2.05, 4.69) is 22.1 Å². The normalized spacial score (nSPS) is 11.0. The minimum atomic E-state index is 0.640. The summed E-state index contributed by atoms with van der Waals surface area (Å²) >= 11 is 4.81. The first-order valence-electron chi connectivity index (χ1n) is 10.2. The van der Waals surface area contributed by atoms with Gasteiger partial charge in [0.25, 0.3) is 0 Å². The summed E-state index contributed by atoms with van der Waals surface area (Å²) in [6.45, 7) is 2.29. The Morgan fingerprint density at radius 3 is 1.62 bits per heavy atom. The van der Waals surface area contributed by atoms with Crippen molar-refractivity contribution in [2.45, 2.75) is 110 Å². The lowest BCUT2D eigenvalue weighted by molar-refractivity contribution is 0.531. The lowest BCUT2D eigenvalue weighted by Crippen LogP contribution is -1.89. The highest BCUT2D eigenvalue weighted by Crippen LogP contribution is 2.13. The fourth-order valence-electron chi connectivity index (χ4n) is 3.14. The van der Waals surface area contributed by atoms with Crippen molar-refractivity contribution in [3.05, 3.63) is 11.6 Å². The molecule has 0 saturated carbocycles. The number of hydrogen-bond acceptors (Lipinski definition) is 3. The van der Waals surface area contributed by atoms with Crippen molar-refractivity contribution in [2.75, 3.05) is 0 Å². The summed E-state index contributed by atoms with van der Waals surface area (Å²) in [5, 5.41) is 8.49. The first-order valence-corrected chi connectivity index (χ1v) is 10.7. The largest absolute Gasteiger partial charge is 0.263 e. The molecule has 3 nitrogen and oxygen atoms in total. The van der Waals surface area contributed by atoms with Gasteiger partial charge in [0.2, 0.25) is 0 Å². The number of aryl methyl sites for hydroxylation is 1. The second-order valence-corrected chi connectivity index (χ2v) is 7.19. The van der Waals surface area contributed by atoms with E-state index in [0.29, 0.717) is 5.82 Å². The van der Waals surface area contributed by atoms with Gasteiger partial charge in [0.15, 0.2) is 5.82 Å². The van der Waals surface area contributed by atoms with E-state index >= 15 is 0 Å². The van der Waals surface area contributed by atoms with Crippen LogP contribution in [0, 0.1) is 0 Å². The lowest BCUT2D eigenvalue weighted by Gasteiger charge is -2.03. The maximum atomic E-state index is 4.81. The highest BCUT2D eigenvalue weighted by atomic mass is 32.1. The minimum Gasteiger partial charge on any atom is -0.263 e. The summed E-state index contributed by atoms with van der Waals surface area (Å²) in [4.78, 5) is 4.31. The van der Waals surface area contributed by atoms with Gasteiger partial charge in [-0.05, 0) is 6.42 Å². The van der Waals surface area contributed by atoms with E-state index in [9.17, 15) is 0 Å². The zero-order chi connectivity index (χ0) is 17.3. The molecule has 4 heteroatoms. The molecule has 0 fully saturated rings. The Bertz CT molecular complexity index is 403. The number of rotatable bonds is 17. The van der Waals surface area contributed by atoms with Crippen LogP contribution in [-0.2, 0) is 6.42 Å². The number of hydrogen-bond donors (Lipinski definition) is 1. The van der Waals surface area contributed by atoms with Gasteiger partial charge < -0.3 is 0 Å². The van der Waals surface area contributed by atoms with Gasteiger partial charge in [-0.15, -0.1) is 0 Å². The number of thiocarbonyl (C=S) groups is 1. The Labute approximate surface area is 154 Å². The average molecular weight is 352 g/mol. The van der Waals surface area contributed by atoms with Gasteiger partial charge in [0.1, 0.15) is 5.82 Å². The first-order chi connectivity index (χ1) is 11.9. The molecule has 0 aliphatic carbocycles. The monoisotopic (exact) mass is 351 g/mol. The Balaban J connectivity index is 1.75. The molecule has 0 atom stereocenters. The van der Waals surface area contributed by atoms with Crippen molar-refractivity contribution in [3.8, 4) is 0 Å². The fourth-order valence-corrected chi connectivity index (χ4v) is 3.24. The summed E-state index contributed by atoms with van der Waals surface area (Å²) in [6, 6.07) is 0. The fraction of sp³-hybridized carbons (Fsp3) is 0.850. The maximum Gasteiger partial charge on any atom is 0.184 e. The molecule has 1 heterocycles. The molecule has 24 heavy (non-hydrogen) atoms. The van der Waals surface area contributed by atoms with Gasteiger partial charge in [-0.1, -0.05) is 109 Å². The molecule has 0 aromatic carbocycles. The molecule has 1 rings (SSSR count). The van der Waals surface area contributed by atoms with E-state index in [0.717, 1.165) is 12.2 Å². The van der Waals surface area contributed by atoms with Gasteiger partial charge in [0, 0.05) is 11.8 Å². The third kappa shape index (κ3) is 11.7. The maximum absolute atomic E-state index is 4.81. The number of H-pyrrole nitrogens is 1. The SMILES string of the molecule is CCCCCCCCCCCCCCCCCc1nc(C=S)n[nH]1. The molecule has 0 aliphatic rings. The van der Waals surface area contributed by atoms with Crippen LogP contribution >= 0.6 is 12.2 Å². The number of unbranched alkanes of at least 4 members (excludes halogenated alkanes) is 14. The van der Waals surface area contributed by atoms with Crippen molar-refractivity contribution in [1.29, 1.82) is 0 Å². The van der Waals surface area contributed by atoms with Gasteiger partial charge in [-0.2, -0.15) is 5.10 Å². The van der Waals surface area contributed by atoms with Crippen LogP contribution < -0.4 is 0 Å². The van der Waals surface area contributed by atoms with Crippen LogP contribution in [-0.4, -0.2) is 20.5 Å². The first kappa shape index (κ1) is 21.3. The number of nitrogens with one attached hydrogen (secondary N) is 1. The quantitative estimate of drug-likeness (QED) is 0.255. The predicted molar refractivity (Wildman–Crippen MR) is 108 cm³/mol. The smallest absolute Gasteiger partial charge is 0.184 e. The topological polar surface area (TPSA) is 41.6 Å². The third-order valence-corrected chi connectivity index (χ3v) is 4.88. The van der Waals surface area contributed by atoms with Gasteiger partial charge in [0.05, 0.1) is 0 Å². The molecular weight excluding hydrogens is 314 g/mol. The molecule has 0 radical (unpaired) electrons. The van der Waals surface area contributed by atoms with Crippen LogP contribution in [0.3, 0.4) is 0 Å². The highest BCUT2D eigenvalue weighted by molar-refractivity contribution is 7.79. The highest BCUT2D eigenvalue weighted by Gasteiger charge is 2.00. The van der Waals surface area contributed by atoms with Crippen LogP contribution in [0.1, 0.15) is 115 Å². The number of aromatic nitrogens is 3. The zero-order valence-corrected chi connectivity index (χ0v) is 16.5. The number of nitrogens with zero attached hydrogens (tertiary/aromatic N) is 2. The van der Waals surface area contributed by atoms with E-state index in [4.69, 9.17) is 12.2 Å². The summed E-state index contributed by atoms with van der Waals surface area (Å²) in [5.74, 6) is 1.61. The lowest BCUT2D eigenvalue weighted by atomic mass is 10.0. The van der Waals surface area contributed by atoms with E-state index in [1.165, 1.54) is 102 Å².